The molecule has 2 saturated carbocycles. The molecule has 0 aromatic rings. The number of esters is 2. The van der Waals surface area contributed by atoms with E-state index < -0.39 is 5.97 Å². The number of methoxy groups -OCH3 is 1. The number of carbonyl (C=O) groups excluding carboxylic acids is 3. The van der Waals surface area contributed by atoms with Gasteiger partial charge in [0, 0.05) is 64.7 Å². The van der Waals surface area contributed by atoms with Gasteiger partial charge in [0.2, 0.25) is 0 Å². The summed E-state index contributed by atoms with van der Waals surface area (Å²) in [5.41, 5.74) is 12.8. The molecule has 0 aromatic heterocycles. The van der Waals surface area contributed by atoms with Crippen LogP contribution in [-0.2, 0) is 23.9 Å². The average Bonchev–Trinajstić information content (AvgIpc) is 4.26. The maximum absolute atomic E-state index is 14.9. The molecule has 7 rings (SSSR count). The molecule has 1 saturated heterocycles. The number of hydrogen-bond donors (Lipinski definition) is 3. The number of rotatable bonds is 25. The van der Waals surface area contributed by atoms with Crippen LogP contribution in [0, 0.1) is 29.6 Å². The number of fused-ring (bicyclic) bond motifs is 5. The van der Waals surface area contributed by atoms with Gasteiger partial charge >= 0.3 is 35.0 Å². The first kappa shape index (κ1) is 63.4. The third-order valence-electron chi connectivity index (χ3n) is 17.7. The number of ether oxygens (including phenoxy) is 2. The van der Waals surface area contributed by atoms with Gasteiger partial charge in [-0.3, -0.25) is 14.4 Å². The van der Waals surface area contributed by atoms with Crippen molar-refractivity contribution >= 4 is 58.0 Å². The minimum absolute atomic E-state index is 0. The fourth-order valence-corrected chi connectivity index (χ4v) is 12.7. The topological polar surface area (TPSA) is 143 Å². The van der Waals surface area contributed by atoms with Crippen molar-refractivity contribution < 1.29 is 23.9 Å². The number of hydrogen-bond acceptors (Lipinski definition) is 10. The van der Waals surface area contributed by atoms with E-state index in [2.05, 4.69) is 102 Å². The summed E-state index contributed by atoms with van der Waals surface area (Å²) in [6, 6.07) is 0.436. The molecule has 0 spiro atoms. The maximum atomic E-state index is 14.9. The van der Waals surface area contributed by atoms with Crippen molar-refractivity contribution in [3.05, 3.63) is 116 Å². The van der Waals surface area contributed by atoms with Crippen LogP contribution in [0.2, 0.25) is 0 Å². The SMILES string of the molecule is C=CC1=C(C)C2=NC1=CC1=NC(=C(CC)/C1=C\NC1CCCCC1)C=C1N=C(C(CC(=O)OC)=C3NC(=C2)C(C)C3CCC(=O)OC/C=C(\C)CCCC(C)CCCC(C)CCCC(C)C)C(C(=O)NC2CCCCC2)=C1C.[Mg+2]. The van der Waals surface area contributed by atoms with Crippen LogP contribution >= 0.6 is 0 Å². The molecule has 0 radical (unpaired) electrons. The molecule has 4 unspecified atom stereocenters. The van der Waals surface area contributed by atoms with Crippen molar-refractivity contribution in [3.63, 3.8) is 0 Å². The van der Waals surface area contributed by atoms with Gasteiger partial charge < -0.3 is 25.4 Å². The van der Waals surface area contributed by atoms with Crippen molar-refractivity contribution in [2.24, 2.45) is 44.6 Å². The molecule has 11 nitrogen and oxygen atoms in total. The van der Waals surface area contributed by atoms with Gasteiger partial charge in [-0.05, 0) is 131 Å². The molecule has 1 amide bonds. The van der Waals surface area contributed by atoms with Crippen LogP contribution in [0.25, 0.3) is 0 Å². The summed E-state index contributed by atoms with van der Waals surface area (Å²) in [7, 11) is 1.39. The molecule has 424 valence electrons. The molecule has 0 aromatic carbocycles. The second-order valence-electron chi connectivity index (χ2n) is 24.2. The summed E-state index contributed by atoms with van der Waals surface area (Å²) in [5.74, 6) is 0.954. The quantitative estimate of drug-likeness (QED) is 0.0469. The predicted molar refractivity (Wildman–Crippen MR) is 326 cm³/mol. The first-order chi connectivity index (χ1) is 37.6. The Morgan fingerprint density at radius 1 is 0.785 bits per heavy atom. The molecule has 5 aliphatic heterocycles. The number of nitrogens with one attached hydrogen (secondary N) is 3. The van der Waals surface area contributed by atoms with Gasteiger partial charge in [0.15, 0.2) is 0 Å². The molecule has 3 fully saturated rings. The molecular formula is C67H96MgN6O5+2. The van der Waals surface area contributed by atoms with E-state index in [9.17, 15) is 14.4 Å². The second kappa shape index (κ2) is 30.8. The zero-order valence-electron chi connectivity index (χ0n) is 50.3. The Hall–Kier alpha value is -4.81. The minimum Gasteiger partial charge on any atom is -0.469 e. The summed E-state index contributed by atoms with van der Waals surface area (Å²) in [6.07, 6.45) is 35.8. The molecule has 7 aliphatic rings. The summed E-state index contributed by atoms with van der Waals surface area (Å²) >= 11 is 0. The van der Waals surface area contributed by atoms with E-state index in [1.165, 1.54) is 76.9 Å². The van der Waals surface area contributed by atoms with E-state index in [1.807, 2.05) is 19.1 Å². The summed E-state index contributed by atoms with van der Waals surface area (Å²) in [4.78, 5) is 58.5. The van der Waals surface area contributed by atoms with Gasteiger partial charge in [0.25, 0.3) is 5.91 Å². The zero-order chi connectivity index (χ0) is 55.9. The zero-order valence-corrected chi connectivity index (χ0v) is 51.7. The Bertz CT molecular complexity index is 2640. The Labute approximate surface area is 491 Å². The summed E-state index contributed by atoms with van der Waals surface area (Å²) in [6.45, 7) is 24.4. The Balaban J connectivity index is 0.0000101. The van der Waals surface area contributed by atoms with Gasteiger partial charge in [0.1, 0.15) is 6.61 Å². The molecule has 79 heavy (non-hydrogen) atoms. The van der Waals surface area contributed by atoms with Gasteiger partial charge in [-0.15, -0.1) is 0 Å². The van der Waals surface area contributed by atoms with E-state index in [4.69, 9.17) is 24.5 Å². The molecule has 5 heterocycles. The number of allylic oxidation sites excluding steroid dienone is 11. The third-order valence-corrected chi connectivity index (χ3v) is 17.7. The largest absolute Gasteiger partial charge is 2.00 e. The van der Waals surface area contributed by atoms with Crippen LogP contribution in [0.3, 0.4) is 0 Å². The number of amides is 1. The van der Waals surface area contributed by atoms with E-state index in [-0.39, 0.29) is 72.3 Å². The molecule has 4 atom stereocenters. The second-order valence-corrected chi connectivity index (χ2v) is 24.2. The van der Waals surface area contributed by atoms with Crippen molar-refractivity contribution in [1.29, 1.82) is 0 Å². The Kier molecular flexibility index (Phi) is 24.7. The van der Waals surface area contributed by atoms with Crippen LogP contribution in [0.5, 0.6) is 0 Å². The molecular weight excluding hydrogens is 993 g/mol. The van der Waals surface area contributed by atoms with E-state index in [1.54, 1.807) is 0 Å². The monoisotopic (exact) mass is 1090 g/mol. The van der Waals surface area contributed by atoms with Crippen LogP contribution in [0.1, 0.15) is 210 Å². The number of nitrogens with zero attached hydrogens (tertiary/aromatic N) is 3. The van der Waals surface area contributed by atoms with Gasteiger partial charge in [0.05, 0.1) is 53.3 Å². The standard InChI is InChI=1S/C67H96N6O5.Mg/c1-12-51-46(8)56-38-57-47(9)53(33-34-62(74)78-36-35-45(7)28-22-27-44(6)26-21-25-43(5)24-20-23-42(3)4)65(72-57)54(37-63(75)77-11)66-64(67(76)69-50-31-18-15-19-32-50)48(10)58(73-66)39-60-52(13-2)55(61(71-60)40-59(51)70-56)41-68-49-29-16-14-17-30-49;/h12,35,38-44,47,49-50,53,68,72H,1,13-34,36-37H2,2-11H3,(H,69,76);/q;+2/b45-35+,55-41+,57-38?,58-39?,59-40?,65-54?;. The van der Waals surface area contributed by atoms with Crippen LogP contribution in [-0.4, -0.2) is 83.8 Å². The first-order valence-electron chi connectivity index (χ1n) is 30.4. The van der Waals surface area contributed by atoms with Gasteiger partial charge in [-0.2, -0.15) is 0 Å². The van der Waals surface area contributed by atoms with Crippen molar-refractivity contribution in [1.82, 2.24) is 16.0 Å². The van der Waals surface area contributed by atoms with E-state index in [0.717, 1.165) is 126 Å². The van der Waals surface area contributed by atoms with E-state index in [0.29, 0.717) is 52.9 Å². The van der Waals surface area contributed by atoms with Crippen molar-refractivity contribution in [3.8, 4) is 0 Å². The van der Waals surface area contributed by atoms with Crippen molar-refractivity contribution in [2.75, 3.05) is 13.7 Å². The van der Waals surface area contributed by atoms with Crippen LogP contribution < -0.4 is 16.0 Å². The molecule has 12 heteroatoms. The molecule has 3 N–H and O–H groups in total. The van der Waals surface area contributed by atoms with Gasteiger partial charge in [-0.25, -0.2) is 15.0 Å². The van der Waals surface area contributed by atoms with Crippen molar-refractivity contribution in [2.45, 2.75) is 222 Å². The van der Waals surface area contributed by atoms with Gasteiger partial charge in [-0.1, -0.05) is 143 Å². The fourth-order valence-electron chi connectivity index (χ4n) is 12.7. The molecule has 2 aliphatic carbocycles. The smallest absolute Gasteiger partial charge is 0.469 e. The Morgan fingerprint density at radius 3 is 2.09 bits per heavy atom. The predicted octanol–water partition coefficient (Wildman–Crippen LogP) is 14.8. The number of aliphatic imine (C=N–C) groups is 3. The average molecular weight is 1090 g/mol. The van der Waals surface area contributed by atoms with Crippen LogP contribution in [0.15, 0.2) is 131 Å². The molecule has 8 bridgehead atoms. The minimum atomic E-state index is -0.457. The maximum Gasteiger partial charge on any atom is 2.00 e. The normalized spacial score (nSPS) is 22.2. The van der Waals surface area contributed by atoms with E-state index >= 15 is 0 Å². The number of carbonyl (C=O) groups is 3. The Morgan fingerprint density at radius 2 is 1.44 bits per heavy atom. The van der Waals surface area contributed by atoms with Crippen LogP contribution in [0.4, 0.5) is 0 Å². The third kappa shape index (κ3) is 17.1. The summed E-state index contributed by atoms with van der Waals surface area (Å²) < 4.78 is 11.3. The fraction of sp³-hybridized carbons (Fsp3) is 0.612. The summed E-state index contributed by atoms with van der Waals surface area (Å²) in [5, 5.41) is 11.0. The first-order valence-corrected chi connectivity index (χ1v) is 30.4.